The lowest BCUT2D eigenvalue weighted by Gasteiger charge is -2.30. The van der Waals surface area contributed by atoms with Gasteiger partial charge in [-0.3, -0.25) is 0 Å². The van der Waals surface area contributed by atoms with Crippen LogP contribution in [-0.4, -0.2) is 13.2 Å². The number of hydrogen-bond acceptors (Lipinski definition) is 4. The van der Waals surface area contributed by atoms with E-state index in [4.69, 9.17) is 10.5 Å². The summed E-state index contributed by atoms with van der Waals surface area (Å²) in [5.74, 6) is -0.223. The number of nitrogens with two attached hydrogens (primary N) is 1. The van der Waals surface area contributed by atoms with E-state index in [9.17, 15) is 4.39 Å². The molecule has 0 spiro atoms. The Kier molecular flexibility index (Phi) is 4.49. The third-order valence-corrected chi connectivity index (χ3v) is 4.00. The topological polar surface area (TPSA) is 38.5 Å². The van der Waals surface area contributed by atoms with Crippen molar-refractivity contribution < 1.29 is 9.13 Å². The number of hydrogen-bond donors (Lipinski definition) is 1. The van der Waals surface area contributed by atoms with Gasteiger partial charge in [0.2, 0.25) is 0 Å². The lowest BCUT2D eigenvalue weighted by Crippen LogP contribution is -2.30. The molecular weight excluding hydrogens is 275 g/mol. The number of benzene rings is 1. The van der Waals surface area contributed by atoms with Gasteiger partial charge in [0.05, 0.1) is 25.0 Å². The van der Waals surface area contributed by atoms with E-state index in [2.05, 4.69) is 24.8 Å². The van der Waals surface area contributed by atoms with Crippen molar-refractivity contribution in [2.24, 2.45) is 0 Å². The predicted molar refractivity (Wildman–Crippen MR) is 83.0 cm³/mol. The van der Waals surface area contributed by atoms with Gasteiger partial charge in [-0.05, 0) is 25.3 Å². The molecule has 108 valence electrons. The number of methoxy groups -OCH3 is 1. The number of halogens is 1. The molecule has 0 unspecified atom stereocenters. The summed E-state index contributed by atoms with van der Waals surface area (Å²) in [6, 6.07) is 7.33. The molecule has 0 atom stereocenters. The summed E-state index contributed by atoms with van der Waals surface area (Å²) in [6.07, 6.45) is 0. The molecule has 0 fully saturated rings. The minimum atomic E-state index is -0.437. The van der Waals surface area contributed by atoms with Crippen molar-refractivity contribution in [1.82, 2.24) is 0 Å². The van der Waals surface area contributed by atoms with Gasteiger partial charge in [0.25, 0.3) is 0 Å². The monoisotopic (exact) mass is 294 g/mol. The second-order valence-corrected chi connectivity index (χ2v) is 5.88. The summed E-state index contributed by atoms with van der Waals surface area (Å²) in [4.78, 5) is 3.38. The van der Waals surface area contributed by atoms with Crippen LogP contribution in [0.25, 0.3) is 0 Å². The maximum absolute atomic E-state index is 13.7. The zero-order chi connectivity index (χ0) is 14.7. The Morgan fingerprint density at radius 1 is 1.40 bits per heavy atom. The van der Waals surface area contributed by atoms with E-state index in [0.29, 0.717) is 5.69 Å². The van der Waals surface area contributed by atoms with Crippen molar-refractivity contribution >= 4 is 22.7 Å². The van der Waals surface area contributed by atoms with Crippen LogP contribution in [0.4, 0.5) is 15.8 Å². The summed E-state index contributed by atoms with van der Waals surface area (Å²) >= 11 is 1.69. The number of nitrogens with zero attached hydrogens (tertiary/aromatic N) is 1. The minimum Gasteiger partial charge on any atom is -0.494 e. The molecule has 3 nitrogen and oxygen atoms in total. The van der Waals surface area contributed by atoms with E-state index >= 15 is 0 Å². The van der Waals surface area contributed by atoms with Crippen LogP contribution >= 0.6 is 11.3 Å². The second kappa shape index (κ2) is 6.13. The van der Waals surface area contributed by atoms with Crippen LogP contribution in [0.2, 0.25) is 0 Å². The number of rotatable bonds is 5. The average Bonchev–Trinajstić information content (AvgIpc) is 2.89. The molecule has 5 heteroatoms. The first-order valence-electron chi connectivity index (χ1n) is 6.45. The highest BCUT2D eigenvalue weighted by molar-refractivity contribution is 7.09. The first kappa shape index (κ1) is 14.7. The summed E-state index contributed by atoms with van der Waals surface area (Å²) in [5.41, 5.74) is 7.20. The van der Waals surface area contributed by atoms with E-state index in [0.717, 1.165) is 12.2 Å². The molecule has 0 saturated carbocycles. The molecular formula is C15H19FN2OS. The van der Waals surface area contributed by atoms with Gasteiger partial charge in [-0.2, -0.15) is 0 Å². The maximum Gasteiger partial charge on any atom is 0.167 e. The smallest absolute Gasteiger partial charge is 0.167 e. The molecule has 0 aliphatic rings. The van der Waals surface area contributed by atoms with Gasteiger partial charge in [-0.25, -0.2) is 4.39 Å². The van der Waals surface area contributed by atoms with Crippen LogP contribution in [0.3, 0.4) is 0 Å². The highest BCUT2D eigenvalue weighted by Crippen LogP contribution is 2.33. The Labute approximate surface area is 122 Å². The molecule has 0 saturated heterocycles. The van der Waals surface area contributed by atoms with Gasteiger partial charge in [-0.15, -0.1) is 11.3 Å². The van der Waals surface area contributed by atoms with E-state index in [1.807, 2.05) is 11.4 Å². The molecule has 1 aromatic heterocycles. The third-order valence-electron chi connectivity index (χ3n) is 3.14. The van der Waals surface area contributed by atoms with Crippen LogP contribution in [0, 0.1) is 5.82 Å². The van der Waals surface area contributed by atoms with Crippen LogP contribution in [-0.2, 0) is 6.54 Å². The van der Waals surface area contributed by atoms with Gasteiger partial charge in [0, 0.05) is 23.1 Å². The van der Waals surface area contributed by atoms with Crippen LogP contribution < -0.4 is 15.4 Å². The Balaban J connectivity index is 2.38. The van der Waals surface area contributed by atoms with Gasteiger partial charge in [0.1, 0.15) is 0 Å². The molecule has 0 amide bonds. The lowest BCUT2D eigenvalue weighted by atomic mass is 10.2. The van der Waals surface area contributed by atoms with Crippen molar-refractivity contribution in [3.05, 3.63) is 40.3 Å². The predicted octanol–water partition coefficient (Wildman–Crippen LogP) is 3.89. The zero-order valence-corrected chi connectivity index (χ0v) is 12.7. The van der Waals surface area contributed by atoms with Crippen molar-refractivity contribution in [1.29, 1.82) is 0 Å². The highest BCUT2D eigenvalue weighted by Gasteiger charge is 2.17. The third kappa shape index (κ3) is 3.04. The van der Waals surface area contributed by atoms with E-state index < -0.39 is 5.82 Å². The first-order valence-corrected chi connectivity index (χ1v) is 7.33. The van der Waals surface area contributed by atoms with Gasteiger partial charge < -0.3 is 15.4 Å². The second-order valence-electron chi connectivity index (χ2n) is 4.85. The van der Waals surface area contributed by atoms with E-state index in [-0.39, 0.29) is 11.8 Å². The molecule has 1 aromatic carbocycles. The number of thiophene rings is 1. The summed E-state index contributed by atoms with van der Waals surface area (Å²) in [6.45, 7) is 4.92. The molecule has 0 radical (unpaired) electrons. The summed E-state index contributed by atoms with van der Waals surface area (Å²) < 4.78 is 18.7. The number of ether oxygens (including phenoxy) is 1. The van der Waals surface area contributed by atoms with Crippen LogP contribution in [0.15, 0.2) is 29.6 Å². The van der Waals surface area contributed by atoms with Crippen molar-refractivity contribution in [2.45, 2.75) is 26.4 Å². The molecule has 0 aliphatic heterocycles. The Morgan fingerprint density at radius 3 is 2.70 bits per heavy atom. The normalized spacial score (nSPS) is 10.8. The highest BCUT2D eigenvalue weighted by atomic mass is 32.1. The fourth-order valence-electron chi connectivity index (χ4n) is 2.08. The van der Waals surface area contributed by atoms with Gasteiger partial charge in [-0.1, -0.05) is 6.07 Å². The van der Waals surface area contributed by atoms with Crippen molar-refractivity contribution in [3.8, 4) is 5.75 Å². The first-order chi connectivity index (χ1) is 9.52. The maximum atomic E-state index is 13.7. The number of anilines is 2. The quantitative estimate of drug-likeness (QED) is 0.850. The van der Waals surface area contributed by atoms with Crippen molar-refractivity contribution in [2.75, 3.05) is 17.7 Å². The van der Waals surface area contributed by atoms with E-state index in [1.54, 1.807) is 17.4 Å². The number of nitrogen functional groups attached to an aromatic ring is 1. The summed E-state index contributed by atoms with van der Waals surface area (Å²) in [7, 11) is 1.46. The standard InChI is InChI=1S/C15H19FN2OS/c1-10(2)18(9-11-5-4-6-20-11)14-8-15(19-3)12(16)7-13(14)17/h4-8,10H,9,17H2,1-3H3. The summed E-state index contributed by atoms with van der Waals surface area (Å²) in [5, 5.41) is 2.04. The molecule has 2 rings (SSSR count). The molecule has 0 bridgehead atoms. The SMILES string of the molecule is COc1cc(N(Cc2cccs2)C(C)C)c(N)cc1F. The van der Waals surface area contributed by atoms with Crippen LogP contribution in [0.1, 0.15) is 18.7 Å². The minimum absolute atomic E-state index is 0.214. The fraction of sp³-hybridized carbons (Fsp3) is 0.333. The molecule has 2 N–H and O–H groups in total. The van der Waals surface area contributed by atoms with Crippen molar-refractivity contribution in [3.63, 3.8) is 0 Å². The zero-order valence-electron chi connectivity index (χ0n) is 11.9. The molecule has 1 heterocycles. The fourth-order valence-corrected chi connectivity index (χ4v) is 2.78. The molecule has 0 aliphatic carbocycles. The Hall–Kier alpha value is -1.75. The Morgan fingerprint density at radius 2 is 2.15 bits per heavy atom. The molecule has 2 aromatic rings. The lowest BCUT2D eigenvalue weighted by molar-refractivity contribution is 0.386. The van der Waals surface area contributed by atoms with E-state index in [1.165, 1.54) is 18.1 Å². The largest absolute Gasteiger partial charge is 0.494 e. The molecule has 20 heavy (non-hydrogen) atoms. The van der Waals surface area contributed by atoms with Crippen LogP contribution in [0.5, 0.6) is 5.75 Å². The van der Waals surface area contributed by atoms with Gasteiger partial charge >= 0.3 is 0 Å². The van der Waals surface area contributed by atoms with Gasteiger partial charge in [0.15, 0.2) is 11.6 Å². The average molecular weight is 294 g/mol. The Bertz CT molecular complexity index is 570.